The number of carboxylic acid groups (broad SMARTS) is 2. The zero-order valence-electron chi connectivity index (χ0n) is 36.3. The molecule has 0 saturated heterocycles. The van der Waals surface area contributed by atoms with Gasteiger partial charge in [0.15, 0.2) is 11.3 Å². The highest BCUT2D eigenvalue weighted by atomic mass is 16.6. The van der Waals surface area contributed by atoms with Crippen molar-refractivity contribution in [1.82, 2.24) is 24.9 Å². The van der Waals surface area contributed by atoms with Gasteiger partial charge < -0.3 is 44.6 Å². The Hall–Kier alpha value is -5.81. The molecule has 1 unspecified atom stereocenters. The van der Waals surface area contributed by atoms with Gasteiger partial charge in [0.25, 0.3) is 11.8 Å². The fourth-order valence-electron chi connectivity index (χ4n) is 9.94. The van der Waals surface area contributed by atoms with Crippen LogP contribution in [0.1, 0.15) is 97.5 Å². The minimum absolute atomic E-state index is 0.0996. The molecule has 1 aromatic heterocycles. The van der Waals surface area contributed by atoms with E-state index in [2.05, 4.69) is 10.2 Å². The lowest BCUT2D eigenvalue weighted by Crippen LogP contribution is -2.70. The van der Waals surface area contributed by atoms with Crippen molar-refractivity contribution >= 4 is 35.7 Å². The van der Waals surface area contributed by atoms with Crippen molar-refractivity contribution in [3.05, 3.63) is 59.3 Å². The summed E-state index contributed by atoms with van der Waals surface area (Å²) in [5.41, 5.74) is -2.18. The molecule has 0 spiro atoms. The lowest BCUT2D eigenvalue weighted by Gasteiger charge is -2.59. The van der Waals surface area contributed by atoms with Gasteiger partial charge >= 0.3 is 23.9 Å². The summed E-state index contributed by atoms with van der Waals surface area (Å²) < 4.78 is 18.5. The van der Waals surface area contributed by atoms with E-state index in [0.717, 1.165) is 24.9 Å². The smallest absolute Gasteiger partial charge is 0.340 e. The van der Waals surface area contributed by atoms with Crippen LogP contribution in [0.25, 0.3) is 16.9 Å². The fourth-order valence-corrected chi connectivity index (χ4v) is 9.94. The van der Waals surface area contributed by atoms with Gasteiger partial charge in [0.1, 0.15) is 17.0 Å². The molecule has 4 N–H and O–H groups in total. The lowest BCUT2D eigenvalue weighted by atomic mass is 9.48. The summed E-state index contributed by atoms with van der Waals surface area (Å²) >= 11 is 0. The monoisotopic (exact) mass is 859 g/mol. The SMILES string of the molecule is COc1cccc(OC)c1-c1cc(C(=O)NC2(C(=O)OC(=O)CC(O)(CC(=O)O)C(=O)O)C3CC4CC(C3)CC2C4)nn1-c1ccc(C(=O)N(C)CCCN(C)C)cc1C(C)C. The van der Waals surface area contributed by atoms with Gasteiger partial charge in [-0.15, -0.1) is 0 Å². The molecular weight excluding hydrogens is 803 g/mol. The van der Waals surface area contributed by atoms with Crippen molar-refractivity contribution in [2.75, 3.05) is 48.5 Å². The molecule has 3 aromatic rings. The molecule has 4 bridgehead atoms. The predicted molar refractivity (Wildman–Crippen MR) is 224 cm³/mol. The Labute approximate surface area is 360 Å². The van der Waals surface area contributed by atoms with Crippen LogP contribution >= 0.6 is 0 Å². The predicted octanol–water partition coefficient (Wildman–Crippen LogP) is 4.38. The maximum Gasteiger partial charge on any atom is 0.340 e. The van der Waals surface area contributed by atoms with Crippen LogP contribution in [0.5, 0.6) is 11.5 Å². The largest absolute Gasteiger partial charge is 0.496 e. The van der Waals surface area contributed by atoms with Crippen LogP contribution in [0.2, 0.25) is 0 Å². The second-order valence-electron chi connectivity index (χ2n) is 17.6. The first kappa shape index (κ1) is 45.7. The topological polar surface area (TPSA) is 227 Å². The molecule has 1 heterocycles. The number of hydrogen-bond donors (Lipinski definition) is 4. The summed E-state index contributed by atoms with van der Waals surface area (Å²) in [6.45, 7) is 5.35. The summed E-state index contributed by atoms with van der Waals surface area (Å²) in [6.07, 6.45) is 1.44. The number of hydrogen-bond acceptors (Lipinski definition) is 12. The highest BCUT2D eigenvalue weighted by molar-refractivity contribution is 6.01. The standard InChI is InChI=1S/C45H57N5O12/c1-25(2)31-21-28(41(55)49(5)15-9-14-48(3)4)12-13-33(31)50-34(39-35(60-6)10-8-11-36(39)61-7)22-32(47-50)40(54)46-45(29-17-26-16-27(19-29)20-30(45)18-26)43(58)62-38(53)24-44(59,42(56)57)23-37(51)52/h8,10-13,21-22,25-27,29-30,59H,9,14-20,23-24H2,1-7H3,(H,46,54)(H,51,52)(H,56,57). The van der Waals surface area contributed by atoms with Crippen LogP contribution in [0.4, 0.5) is 0 Å². The molecule has 0 radical (unpaired) electrons. The van der Waals surface area contributed by atoms with Gasteiger partial charge in [0.05, 0.1) is 44.0 Å². The van der Waals surface area contributed by atoms with E-state index < -0.39 is 65.6 Å². The van der Waals surface area contributed by atoms with Crippen LogP contribution in [0, 0.1) is 23.7 Å². The maximum atomic E-state index is 14.8. The molecule has 334 valence electrons. The molecule has 62 heavy (non-hydrogen) atoms. The Bertz CT molecular complexity index is 2180. The van der Waals surface area contributed by atoms with Gasteiger partial charge in [0, 0.05) is 19.2 Å². The Kier molecular flexibility index (Phi) is 13.5. The molecule has 17 heteroatoms. The molecular formula is C45H57N5O12. The van der Waals surface area contributed by atoms with E-state index in [1.807, 2.05) is 34.0 Å². The van der Waals surface area contributed by atoms with Crippen LogP contribution in [-0.4, -0.2) is 130 Å². The van der Waals surface area contributed by atoms with Gasteiger partial charge in [-0.1, -0.05) is 19.9 Å². The first-order valence-corrected chi connectivity index (χ1v) is 20.9. The van der Waals surface area contributed by atoms with Crippen molar-refractivity contribution < 1.29 is 58.3 Å². The number of ether oxygens (including phenoxy) is 3. The van der Waals surface area contributed by atoms with Gasteiger partial charge in [-0.25, -0.2) is 14.3 Å². The van der Waals surface area contributed by atoms with Crippen LogP contribution in [0.15, 0.2) is 42.5 Å². The van der Waals surface area contributed by atoms with E-state index >= 15 is 0 Å². The van der Waals surface area contributed by atoms with Gasteiger partial charge in [-0.3, -0.25) is 19.2 Å². The number of amides is 2. The summed E-state index contributed by atoms with van der Waals surface area (Å²) in [5.74, 6) is -6.66. The second kappa shape index (κ2) is 18.3. The normalized spacial score (nSPS) is 22.2. The molecule has 4 aliphatic rings. The summed E-state index contributed by atoms with van der Waals surface area (Å²) in [7, 11) is 8.73. The van der Waals surface area contributed by atoms with Gasteiger partial charge in [0.2, 0.25) is 0 Å². The van der Waals surface area contributed by atoms with E-state index in [1.54, 1.807) is 53.0 Å². The zero-order valence-corrected chi connectivity index (χ0v) is 36.3. The molecule has 4 aliphatic carbocycles. The number of aliphatic hydroxyl groups is 1. The minimum atomic E-state index is -3.03. The lowest BCUT2D eigenvalue weighted by molar-refractivity contribution is -0.183. The quantitative estimate of drug-likeness (QED) is 0.103. The number of carbonyl (C=O) groups excluding carboxylic acids is 4. The zero-order chi connectivity index (χ0) is 45.3. The van der Waals surface area contributed by atoms with Crippen LogP contribution in [-0.2, 0) is 23.9 Å². The average molecular weight is 860 g/mol. The average Bonchev–Trinajstić information content (AvgIpc) is 3.65. The number of nitrogens with one attached hydrogen (secondary N) is 1. The van der Waals surface area contributed by atoms with E-state index in [1.165, 1.54) is 14.2 Å². The Morgan fingerprint density at radius 2 is 1.50 bits per heavy atom. The Balaban J connectivity index is 1.42. The molecule has 2 aromatic carbocycles. The Morgan fingerprint density at radius 1 is 0.887 bits per heavy atom. The second-order valence-corrected chi connectivity index (χ2v) is 17.6. The summed E-state index contributed by atoms with van der Waals surface area (Å²) in [4.78, 5) is 83.0. The molecule has 4 saturated carbocycles. The summed E-state index contributed by atoms with van der Waals surface area (Å²) in [6, 6.07) is 12.1. The molecule has 7 rings (SSSR count). The number of aliphatic carboxylic acids is 2. The maximum absolute atomic E-state index is 14.8. The Morgan fingerprint density at radius 3 is 2.03 bits per heavy atom. The molecule has 0 aliphatic heterocycles. The van der Waals surface area contributed by atoms with E-state index in [0.29, 0.717) is 78.1 Å². The van der Waals surface area contributed by atoms with Crippen molar-refractivity contribution in [2.45, 2.75) is 82.3 Å². The van der Waals surface area contributed by atoms with Crippen LogP contribution < -0.4 is 14.8 Å². The summed E-state index contributed by atoms with van der Waals surface area (Å²) in [5, 5.41) is 37.2. The molecule has 1 atom stereocenters. The van der Waals surface area contributed by atoms with Gasteiger partial charge in [-0.05, 0) is 131 Å². The first-order chi connectivity index (χ1) is 29.3. The highest BCUT2D eigenvalue weighted by Crippen LogP contribution is 2.59. The number of esters is 2. The van der Waals surface area contributed by atoms with E-state index in [-0.39, 0.29) is 17.5 Å². The minimum Gasteiger partial charge on any atom is -0.496 e. The van der Waals surface area contributed by atoms with E-state index in [9.17, 15) is 44.1 Å². The van der Waals surface area contributed by atoms with Crippen molar-refractivity contribution in [2.24, 2.45) is 23.7 Å². The number of carboxylic acids is 2. The third-order valence-electron chi connectivity index (χ3n) is 12.8. The van der Waals surface area contributed by atoms with Crippen molar-refractivity contribution in [3.63, 3.8) is 0 Å². The molecule has 2 amide bonds. The first-order valence-electron chi connectivity index (χ1n) is 20.9. The van der Waals surface area contributed by atoms with Gasteiger partial charge in [-0.2, -0.15) is 5.10 Å². The van der Waals surface area contributed by atoms with E-state index in [4.69, 9.17) is 19.3 Å². The fraction of sp³-hybridized carbons (Fsp3) is 0.533. The highest BCUT2D eigenvalue weighted by Gasteiger charge is 2.63. The number of aromatic nitrogens is 2. The third-order valence-corrected chi connectivity index (χ3v) is 12.8. The van der Waals surface area contributed by atoms with Crippen molar-refractivity contribution in [1.29, 1.82) is 0 Å². The third kappa shape index (κ3) is 9.05. The number of rotatable bonds is 18. The molecule has 17 nitrogen and oxygen atoms in total. The molecule has 4 fully saturated rings. The van der Waals surface area contributed by atoms with Crippen LogP contribution in [0.3, 0.4) is 0 Å². The number of benzene rings is 2. The number of nitrogens with zero attached hydrogens (tertiary/aromatic N) is 4. The van der Waals surface area contributed by atoms with Crippen molar-refractivity contribution in [3.8, 4) is 28.4 Å². The number of methoxy groups -OCH3 is 2. The number of carbonyl (C=O) groups is 6.